The van der Waals surface area contributed by atoms with Crippen LogP contribution >= 0.6 is 27.5 Å². The lowest BCUT2D eigenvalue weighted by Crippen LogP contribution is -2.11. The van der Waals surface area contributed by atoms with Gasteiger partial charge in [-0.15, -0.1) is 0 Å². The second-order valence-electron chi connectivity index (χ2n) is 2.26. The second-order valence-corrected chi connectivity index (χ2v) is 3.58. The number of rotatable bonds is 3. The van der Waals surface area contributed by atoms with Gasteiger partial charge in [0.15, 0.2) is 0 Å². The minimum atomic E-state index is -2.42. The highest BCUT2D eigenvalue weighted by Crippen LogP contribution is 2.22. The molecule has 6 heteroatoms. The van der Waals surface area contributed by atoms with E-state index in [1.165, 1.54) is 6.20 Å². The normalized spacial score (nSPS) is 10.5. The molecule has 1 heterocycles. The molecule has 0 saturated heterocycles. The number of nitrogens with one attached hydrogen (secondary N) is 1. The number of hydrogen-bond donors (Lipinski definition) is 1. The van der Waals surface area contributed by atoms with Gasteiger partial charge in [-0.2, -0.15) is 0 Å². The zero-order valence-corrected chi connectivity index (χ0v) is 8.74. The van der Waals surface area contributed by atoms with Gasteiger partial charge in [0, 0.05) is 10.7 Å². The molecule has 0 fully saturated rings. The summed E-state index contributed by atoms with van der Waals surface area (Å²) in [4.78, 5) is 3.83. The average Bonchev–Trinajstić information content (AvgIpc) is 2.02. The minimum Gasteiger partial charge on any atom is -0.363 e. The predicted molar refractivity (Wildman–Crippen MR) is 51.4 cm³/mol. The highest BCUT2D eigenvalue weighted by Gasteiger charge is 2.05. The summed E-state index contributed by atoms with van der Waals surface area (Å²) in [5.74, 6) is 0.269. The Labute approximate surface area is 87.4 Å². The number of alkyl halides is 2. The summed E-state index contributed by atoms with van der Waals surface area (Å²) < 4.78 is 24.3. The van der Waals surface area contributed by atoms with E-state index in [4.69, 9.17) is 11.6 Å². The molecule has 0 spiro atoms. The van der Waals surface area contributed by atoms with Crippen LogP contribution < -0.4 is 5.32 Å². The molecule has 2 nitrogen and oxygen atoms in total. The summed E-state index contributed by atoms with van der Waals surface area (Å²) in [5.41, 5.74) is 0. The first-order valence-corrected chi connectivity index (χ1v) is 4.59. The molecule has 1 N–H and O–H groups in total. The molecule has 0 unspecified atom stereocenters. The van der Waals surface area contributed by atoms with Crippen molar-refractivity contribution < 1.29 is 8.78 Å². The zero-order valence-electron chi connectivity index (χ0n) is 6.40. The van der Waals surface area contributed by atoms with E-state index < -0.39 is 13.0 Å². The van der Waals surface area contributed by atoms with Crippen molar-refractivity contribution in [2.24, 2.45) is 0 Å². The van der Waals surface area contributed by atoms with Crippen molar-refractivity contribution in [2.75, 3.05) is 11.9 Å². The summed E-state index contributed by atoms with van der Waals surface area (Å²) in [7, 11) is 0. The topological polar surface area (TPSA) is 24.9 Å². The standard InChI is InChI=1S/C7H6BrClF2N2/c8-4-1-5(9)7(12-2-4)13-3-6(10)11/h1-2,6H,3H2,(H,12,13). The van der Waals surface area contributed by atoms with Gasteiger partial charge < -0.3 is 5.32 Å². The molecule has 1 aromatic heterocycles. The SMILES string of the molecule is FC(F)CNc1ncc(Br)cc1Cl. The minimum absolute atomic E-state index is 0.269. The van der Waals surface area contributed by atoms with Crippen LogP contribution in [-0.4, -0.2) is 18.0 Å². The summed E-state index contributed by atoms with van der Waals surface area (Å²) in [6.07, 6.45) is -0.929. The molecular weight excluding hydrogens is 265 g/mol. The fourth-order valence-electron chi connectivity index (χ4n) is 0.718. The third-order valence-corrected chi connectivity index (χ3v) is 1.95. The molecule has 0 amide bonds. The third-order valence-electron chi connectivity index (χ3n) is 1.23. The van der Waals surface area contributed by atoms with Gasteiger partial charge in [0.05, 0.1) is 11.6 Å². The quantitative estimate of drug-likeness (QED) is 0.913. The Morgan fingerprint density at radius 2 is 2.31 bits per heavy atom. The monoisotopic (exact) mass is 270 g/mol. The maximum Gasteiger partial charge on any atom is 0.255 e. The Kier molecular flexibility index (Phi) is 3.87. The van der Waals surface area contributed by atoms with E-state index in [2.05, 4.69) is 26.2 Å². The van der Waals surface area contributed by atoms with E-state index >= 15 is 0 Å². The van der Waals surface area contributed by atoms with Crippen molar-refractivity contribution in [2.45, 2.75) is 6.43 Å². The van der Waals surface area contributed by atoms with Crippen LogP contribution in [0.1, 0.15) is 0 Å². The Morgan fingerprint density at radius 1 is 1.62 bits per heavy atom. The average molecular weight is 271 g/mol. The van der Waals surface area contributed by atoms with Crippen LogP contribution in [0.3, 0.4) is 0 Å². The molecular formula is C7H6BrClF2N2. The van der Waals surface area contributed by atoms with Gasteiger partial charge in [-0.1, -0.05) is 11.6 Å². The summed E-state index contributed by atoms with van der Waals surface area (Å²) in [6.45, 7) is -0.450. The van der Waals surface area contributed by atoms with E-state index in [1.807, 2.05) is 0 Å². The smallest absolute Gasteiger partial charge is 0.255 e. The van der Waals surface area contributed by atoms with Crippen LogP contribution in [0.5, 0.6) is 0 Å². The van der Waals surface area contributed by atoms with Crippen molar-refractivity contribution >= 4 is 33.3 Å². The molecule has 13 heavy (non-hydrogen) atoms. The molecule has 0 aliphatic heterocycles. The van der Waals surface area contributed by atoms with Crippen LogP contribution in [-0.2, 0) is 0 Å². The van der Waals surface area contributed by atoms with Gasteiger partial charge >= 0.3 is 0 Å². The molecule has 72 valence electrons. The molecule has 0 atom stereocenters. The molecule has 0 aromatic carbocycles. The predicted octanol–water partition coefficient (Wildman–Crippen LogP) is 3.17. The van der Waals surface area contributed by atoms with Crippen molar-refractivity contribution in [1.29, 1.82) is 0 Å². The Balaban J connectivity index is 2.67. The molecule has 1 rings (SSSR count). The van der Waals surface area contributed by atoms with Crippen LogP contribution in [0.15, 0.2) is 16.7 Å². The second kappa shape index (κ2) is 4.72. The lowest BCUT2D eigenvalue weighted by atomic mass is 10.4. The highest BCUT2D eigenvalue weighted by molar-refractivity contribution is 9.10. The van der Waals surface area contributed by atoms with Gasteiger partial charge in [0.1, 0.15) is 5.82 Å². The van der Waals surface area contributed by atoms with Gasteiger partial charge in [-0.3, -0.25) is 0 Å². The van der Waals surface area contributed by atoms with Crippen LogP contribution in [0, 0.1) is 0 Å². The van der Waals surface area contributed by atoms with Gasteiger partial charge in [0.2, 0.25) is 0 Å². The Hall–Kier alpha value is -0.420. The number of anilines is 1. The number of aromatic nitrogens is 1. The fraction of sp³-hybridized carbons (Fsp3) is 0.286. The molecule has 1 aromatic rings. The number of halogens is 4. The van der Waals surface area contributed by atoms with E-state index in [0.717, 1.165) is 0 Å². The first-order chi connectivity index (χ1) is 6.09. The van der Waals surface area contributed by atoms with Gasteiger partial charge in [0.25, 0.3) is 6.43 Å². The van der Waals surface area contributed by atoms with E-state index in [-0.39, 0.29) is 5.82 Å². The van der Waals surface area contributed by atoms with Crippen LogP contribution in [0.2, 0.25) is 5.02 Å². The Bertz CT molecular complexity index is 296. The van der Waals surface area contributed by atoms with E-state index in [1.54, 1.807) is 6.07 Å². The number of hydrogen-bond acceptors (Lipinski definition) is 2. The lowest BCUT2D eigenvalue weighted by Gasteiger charge is -2.06. The third kappa shape index (κ3) is 3.44. The summed E-state index contributed by atoms with van der Waals surface area (Å²) >= 11 is 8.87. The van der Waals surface area contributed by atoms with Crippen molar-refractivity contribution in [3.8, 4) is 0 Å². The largest absolute Gasteiger partial charge is 0.363 e. The van der Waals surface area contributed by atoms with Crippen molar-refractivity contribution in [3.63, 3.8) is 0 Å². The maximum atomic E-state index is 11.8. The van der Waals surface area contributed by atoms with E-state index in [0.29, 0.717) is 9.50 Å². The van der Waals surface area contributed by atoms with Crippen LogP contribution in [0.4, 0.5) is 14.6 Å². The van der Waals surface area contributed by atoms with Gasteiger partial charge in [-0.25, -0.2) is 13.8 Å². The molecule has 0 aliphatic carbocycles. The van der Waals surface area contributed by atoms with Crippen molar-refractivity contribution in [3.05, 3.63) is 21.8 Å². The summed E-state index contributed by atoms with van der Waals surface area (Å²) in [5, 5.41) is 2.74. The molecule has 0 aliphatic rings. The zero-order chi connectivity index (χ0) is 9.84. The molecule has 0 radical (unpaired) electrons. The molecule has 0 saturated carbocycles. The fourth-order valence-corrected chi connectivity index (χ4v) is 1.41. The van der Waals surface area contributed by atoms with Crippen molar-refractivity contribution in [1.82, 2.24) is 4.98 Å². The van der Waals surface area contributed by atoms with E-state index in [9.17, 15) is 8.78 Å². The van der Waals surface area contributed by atoms with Gasteiger partial charge in [-0.05, 0) is 22.0 Å². The first kappa shape index (κ1) is 10.7. The highest BCUT2D eigenvalue weighted by atomic mass is 79.9. The maximum absolute atomic E-state index is 11.8. The van der Waals surface area contributed by atoms with Crippen LogP contribution in [0.25, 0.3) is 0 Å². The number of nitrogens with zero attached hydrogens (tertiary/aromatic N) is 1. The molecule has 0 bridgehead atoms. The Morgan fingerprint density at radius 3 is 2.85 bits per heavy atom. The first-order valence-electron chi connectivity index (χ1n) is 3.42. The number of pyridine rings is 1. The summed E-state index contributed by atoms with van der Waals surface area (Å²) in [6, 6.07) is 1.59. The lowest BCUT2D eigenvalue weighted by molar-refractivity contribution is 0.163.